The Hall–Kier alpha value is -4.32. The van der Waals surface area contributed by atoms with Gasteiger partial charge in [0.15, 0.2) is 31.9 Å². The number of carbonyl (C=O) groups is 1. The monoisotopic (exact) mass is 1080 g/mol. The molecule has 2 aliphatic rings. The Morgan fingerprint density at radius 1 is 0.836 bits per heavy atom. The number of rotatable bonds is 39. The van der Waals surface area contributed by atoms with E-state index in [1.54, 1.807) is 10.9 Å². The summed E-state index contributed by atoms with van der Waals surface area (Å²) in [6.07, 6.45) is 5.97. The number of nitrogens with one attached hydrogen (secondary N) is 1. The fraction of sp³-hybridized carbons (Fsp3) is 0.659. The molecule has 1 saturated carbocycles. The van der Waals surface area contributed by atoms with Gasteiger partial charge in [-0.05, 0) is 37.3 Å². The highest BCUT2D eigenvalue weighted by Gasteiger charge is 2.30. The minimum atomic E-state index is -2.11. The average Bonchev–Trinajstić information content (AvgIpc) is 4.13. The number of esters is 1. The van der Waals surface area contributed by atoms with Crippen LogP contribution in [0.1, 0.15) is 44.8 Å². The van der Waals surface area contributed by atoms with Crippen LogP contribution in [-0.4, -0.2) is 197 Å². The van der Waals surface area contributed by atoms with Crippen molar-refractivity contribution < 1.29 is 84.7 Å². The number of halogens is 4. The minimum absolute atomic E-state index is 0.0564. The molecule has 2 fully saturated rings. The Morgan fingerprint density at radius 2 is 1.45 bits per heavy atom. The summed E-state index contributed by atoms with van der Waals surface area (Å²) >= 11 is 6.33. The lowest BCUT2D eigenvalue weighted by atomic mass is 10.2. The van der Waals surface area contributed by atoms with E-state index in [1.165, 1.54) is 6.21 Å². The van der Waals surface area contributed by atoms with Crippen LogP contribution in [0.15, 0.2) is 33.6 Å². The van der Waals surface area contributed by atoms with Gasteiger partial charge in [-0.1, -0.05) is 5.16 Å². The Morgan fingerprint density at radius 3 is 2.10 bits per heavy atom. The number of aromatic nitrogens is 4. The summed E-state index contributed by atoms with van der Waals surface area (Å²) in [5, 5.41) is 16.8. The second-order valence-corrected chi connectivity index (χ2v) is 17.2. The van der Waals surface area contributed by atoms with Crippen LogP contribution in [-0.2, 0) is 57.0 Å². The molecule has 29 heteroatoms. The van der Waals surface area contributed by atoms with Gasteiger partial charge in [-0.25, -0.2) is 17.9 Å². The second kappa shape index (κ2) is 35.0. The topological polar surface area (TPSA) is 287 Å². The van der Waals surface area contributed by atoms with Crippen molar-refractivity contribution in [2.45, 2.75) is 56.9 Å². The fourth-order valence-electron chi connectivity index (χ4n) is 6.88. The van der Waals surface area contributed by atoms with E-state index in [2.05, 4.69) is 40.4 Å². The van der Waals surface area contributed by atoms with Crippen LogP contribution >= 0.6 is 20.0 Å². The second-order valence-electron chi connectivity index (χ2n) is 15.8. The maximum Gasteiger partial charge on any atom is 0.313 e. The number of hydrogen-bond donors (Lipinski definition) is 4. The molecule has 3 aromatic rings. The van der Waals surface area contributed by atoms with Crippen LogP contribution in [0.5, 0.6) is 5.75 Å². The lowest BCUT2D eigenvalue weighted by Gasteiger charge is -2.16. The molecule has 2 aromatic heterocycles. The zero-order valence-electron chi connectivity index (χ0n) is 40.3. The van der Waals surface area contributed by atoms with Crippen molar-refractivity contribution in [3.05, 3.63) is 41.1 Å². The molecule has 3 unspecified atom stereocenters. The standard InChI is InChI=1S/C44H64ClF3N9O15P/c45-44-53-42(36-27-51-57(43(36)54-44)39-4-3-35(71-39)29-69-30-73(59)60)52-32-1-2-33(25-32)56-70-22-21-67-18-17-65-15-16-66-19-20-68-28-34(55-49)26-50-6-8-62-10-12-64-14-13-63-11-9-61-7-5-40(58)72-41-37(47)23-31(46)24-38(41)48/h23-24,26-27,32,35,39,59-60H,1-22,25,28-30,49H2,(H,52,53,54)/b50-26?,55-34+,56-33+. The molecule has 3 heterocycles. The van der Waals surface area contributed by atoms with Gasteiger partial charge in [0.05, 0.1) is 149 Å². The summed E-state index contributed by atoms with van der Waals surface area (Å²) < 4.78 is 102. The summed E-state index contributed by atoms with van der Waals surface area (Å²) in [5.41, 5.74) is 1.94. The number of anilines is 1. The highest BCUT2D eigenvalue weighted by Crippen LogP contribution is 2.34. The summed E-state index contributed by atoms with van der Waals surface area (Å²) in [7, 11) is -2.11. The fourth-order valence-corrected chi connectivity index (χ4v) is 7.31. The van der Waals surface area contributed by atoms with E-state index < -0.39 is 37.5 Å². The number of aliphatic imine (C=N–C) groups is 1. The average molecular weight is 1080 g/mol. The maximum atomic E-state index is 13.6. The summed E-state index contributed by atoms with van der Waals surface area (Å²) in [4.78, 5) is 48.5. The van der Waals surface area contributed by atoms with Crippen molar-refractivity contribution in [3.8, 4) is 5.75 Å². The zero-order chi connectivity index (χ0) is 51.9. The first-order valence-corrected chi connectivity index (χ1v) is 25.4. The quantitative estimate of drug-likeness (QED) is 0.00926. The molecule has 0 bridgehead atoms. The van der Waals surface area contributed by atoms with Crippen LogP contribution in [0.25, 0.3) is 11.0 Å². The Bertz CT molecular complexity index is 2150. The molecule has 1 saturated heterocycles. The van der Waals surface area contributed by atoms with Gasteiger partial charge in [0.2, 0.25) is 11.0 Å². The van der Waals surface area contributed by atoms with Crippen LogP contribution < -0.4 is 15.9 Å². The summed E-state index contributed by atoms with van der Waals surface area (Å²) in [6, 6.07) is 0.903. The van der Waals surface area contributed by atoms with Gasteiger partial charge in [0, 0.05) is 30.8 Å². The highest BCUT2D eigenvalue weighted by atomic mass is 35.5. The molecular weight excluding hydrogens is 1020 g/mol. The number of oxime groups is 1. The van der Waals surface area contributed by atoms with Gasteiger partial charge in [-0.15, -0.1) is 0 Å². The largest absolute Gasteiger partial charge is 0.420 e. The zero-order valence-corrected chi connectivity index (χ0v) is 41.9. The molecule has 408 valence electrons. The Kier molecular flexibility index (Phi) is 28.6. The van der Waals surface area contributed by atoms with Crippen molar-refractivity contribution in [3.63, 3.8) is 0 Å². The molecular formula is C44H64ClF3N9O15P. The highest BCUT2D eigenvalue weighted by molar-refractivity contribution is 7.44. The van der Waals surface area contributed by atoms with Crippen LogP contribution in [0, 0.1) is 17.5 Å². The Balaban J connectivity index is 0.758. The molecule has 3 atom stereocenters. The van der Waals surface area contributed by atoms with Gasteiger partial charge in [0.1, 0.15) is 30.3 Å². The lowest BCUT2D eigenvalue weighted by molar-refractivity contribution is -0.136. The predicted molar refractivity (Wildman–Crippen MR) is 258 cm³/mol. The SMILES string of the molecule is N/N=C(\C=NCCOCCOCCOCCOCCC(=O)Oc1c(F)cc(F)cc1F)COCCOCCOCCOCCO/N=C1\CCC(Nc2nc(Cl)nc3c2cnn3C2CCC(COCP(O)O)O2)C1. The number of hydrogen-bond acceptors (Lipinski definition) is 23. The van der Waals surface area contributed by atoms with Crippen molar-refractivity contribution in [2.75, 3.05) is 137 Å². The van der Waals surface area contributed by atoms with Crippen molar-refractivity contribution in [1.82, 2.24) is 19.7 Å². The number of nitrogens with two attached hydrogens (primary N) is 1. The molecule has 24 nitrogen and oxygen atoms in total. The molecule has 5 rings (SSSR count). The number of nitrogens with zero attached hydrogens (tertiary/aromatic N) is 7. The van der Waals surface area contributed by atoms with Gasteiger partial charge in [-0.2, -0.15) is 20.2 Å². The molecule has 1 aliphatic carbocycles. The number of fused-ring (bicyclic) bond motifs is 1. The van der Waals surface area contributed by atoms with E-state index in [9.17, 15) is 18.0 Å². The smallest absolute Gasteiger partial charge is 0.313 e. The van der Waals surface area contributed by atoms with Crippen LogP contribution in [0.3, 0.4) is 0 Å². The molecule has 0 amide bonds. The molecule has 1 aromatic carbocycles. The molecule has 0 radical (unpaired) electrons. The van der Waals surface area contributed by atoms with E-state index in [1.807, 2.05) is 0 Å². The first-order valence-electron chi connectivity index (χ1n) is 23.6. The summed E-state index contributed by atoms with van der Waals surface area (Å²) in [5.74, 6) is 0.393. The molecule has 0 spiro atoms. The van der Waals surface area contributed by atoms with Crippen molar-refractivity contribution in [1.29, 1.82) is 0 Å². The number of hydrazone groups is 1. The van der Waals surface area contributed by atoms with E-state index in [-0.39, 0.29) is 69.5 Å². The molecule has 73 heavy (non-hydrogen) atoms. The third kappa shape index (κ3) is 23.4. The van der Waals surface area contributed by atoms with Gasteiger partial charge < -0.3 is 77.9 Å². The summed E-state index contributed by atoms with van der Waals surface area (Å²) in [6.45, 7) is 5.84. The third-order valence-electron chi connectivity index (χ3n) is 10.3. The normalized spacial score (nSPS) is 17.8. The number of ether oxygens (including phenoxy) is 11. The molecule has 1 aliphatic heterocycles. The van der Waals surface area contributed by atoms with E-state index in [4.69, 9.17) is 79.4 Å². The van der Waals surface area contributed by atoms with E-state index in [0.717, 1.165) is 25.0 Å². The number of carbonyl (C=O) groups excluding carboxylic acids is 1. The predicted octanol–water partition coefficient (Wildman–Crippen LogP) is 3.70. The minimum Gasteiger partial charge on any atom is -0.420 e. The van der Waals surface area contributed by atoms with Crippen molar-refractivity contribution >= 4 is 60.4 Å². The Labute approximate surface area is 425 Å². The van der Waals surface area contributed by atoms with Crippen LogP contribution in [0.2, 0.25) is 5.28 Å². The third-order valence-corrected chi connectivity index (χ3v) is 10.9. The van der Waals surface area contributed by atoms with Gasteiger partial charge in [0.25, 0.3) is 0 Å². The van der Waals surface area contributed by atoms with Crippen LogP contribution in [0.4, 0.5) is 19.0 Å². The lowest BCUT2D eigenvalue weighted by Crippen LogP contribution is -2.18. The molecule has 5 N–H and O–H groups in total. The maximum absolute atomic E-state index is 13.6. The first-order chi connectivity index (χ1) is 35.6. The van der Waals surface area contributed by atoms with E-state index >= 15 is 0 Å². The van der Waals surface area contributed by atoms with Gasteiger partial charge in [-0.3, -0.25) is 9.79 Å². The van der Waals surface area contributed by atoms with Gasteiger partial charge >= 0.3 is 5.97 Å². The first kappa shape index (κ1) is 59.6. The van der Waals surface area contributed by atoms with E-state index in [0.29, 0.717) is 140 Å². The number of benzene rings is 1. The van der Waals surface area contributed by atoms with Crippen molar-refractivity contribution in [2.24, 2.45) is 21.1 Å².